The van der Waals surface area contributed by atoms with Gasteiger partial charge in [-0.05, 0) is 69.4 Å². The molecule has 3 aromatic rings. The van der Waals surface area contributed by atoms with E-state index in [-0.39, 0.29) is 6.09 Å². The smallest absolute Gasteiger partial charge is 0.410 e. The van der Waals surface area contributed by atoms with Crippen LogP contribution in [0.25, 0.3) is 11.1 Å². The van der Waals surface area contributed by atoms with E-state index in [1.165, 1.54) is 6.33 Å². The Morgan fingerprint density at radius 1 is 1.03 bits per heavy atom. The quantitative estimate of drug-likeness (QED) is 0.480. The Morgan fingerprint density at radius 2 is 1.69 bits per heavy atom. The van der Waals surface area contributed by atoms with E-state index in [9.17, 15) is 4.79 Å². The van der Waals surface area contributed by atoms with Gasteiger partial charge >= 0.3 is 6.09 Å². The van der Waals surface area contributed by atoms with Crippen LogP contribution in [0, 0.1) is 5.92 Å². The number of carbonyl (C=O) groups excluding carboxylic acids is 1. The summed E-state index contributed by atoms with van der Waals surface area (Å²) < 4.78 is 11.4. The van der Waals surface area contributed by atoms with E-state index in [1.807, 2.05) is 75.4 Å². The lowest BCUT2D eigenvalue weighted by Gasteiger charge is -2.33. The molecule has 2 aromatic carbocycles. The number of carbonyl (C=O) groups is 1. The van der Waals surface area contributed by atoms with Crippen LogP contribution in [-0.4, -0.2) is 46.2 Å². The predicted octanol–water partition coefficient (Wildman–Crippen LogP) is 5.58. The minimum absolute atomic E-state index is 0.241. The first kappa shape index (κ1) is 24.3. The maximum Gasteiger partial charge on any atom is 0.410 e. The van der Waals surface area contributed by atoms with Gasteiger partial charge in [0.2, 0.25) is 0 Å². The Morgan fingerprint density at radius 3 is 2.34 bits per heavy atom. The highest BCUT2D eigenvalue weighted by Crippen LogP contribution is 2.33. The number of para-hydroxylation sites is 1. The van der Waals surface area contributed by atoms with Crippen molar-refractivity contribution < 1.29 is 14.3 Å². The van der Waals surface area contributed by atoms with Crippen molar-refractivity contribution >= 4 is 17.7 Å². The molecule has 1 saturated heterocycles. The number of aromatic nitrogens is 2. The maximum absolute atomic E-state index is 12.3. The molecule has 0 bridgehead atoms. The number of ether oxygens (including phenoxy) is 2. The first-order valence-corrected chi connectivity index (χ1v) is 11.9. The lowest BCUT2D eigenvalue weighted by molar-refractivity contribution is 0.0188. The third-order valence-corrected chi connectivity index (χ3v) is 5.82. The number of benzene rings is 2. The number of nitrogen functional groups attached to an aromatic ring is 1. The van der Waals surface area contributed by atoms with E-state index in [0.29, 0.717) is 30.6 Å². The lowest BCUT2D eigenvalue weighted by Crippen LogP contribution is -2.42. The average Bonchev–Trinajstić information content (AvgIpc) is 2.83. The molecule has 1 amide bonds. The summed E-state index contributed by atoms with van der Waals surface area (Å²) in [5.41, 5.74) is 7.44. The molecule has 0 radical (unpaired) electrons. The molecule has 1 aliphatic rings. The molecule has 1 aromatic heterocycles. The number of likely N-dealkylation sites (tertiary alicyclic amines) is 1. The molecular weight excluding hydrogens is 442 g/mol. The van der Waals surface area contributed by atoms with Crippen LogP contribution >= 0.6 is 0 Å². The normalized spacial score (nSPS) is 14.4. The first-order valence-electron chi connectivity index (χ1n) is 11.9. The van der Waals surface area contributed by atoms with E-state index < -0.39 is 5.60 Å². The molecule has 3 N–H and O–H groups in total. The maximum atomic E-state index is 12.3. The van der Waals surface area contributed by atoms with Crippen molar-refractivity contribution in [3.05, 3.63) is 60.9 Å². The molecule has 1 fully saturated rings. The summed E-state index contributed by atoms with van der Waals surface area (Å²) in [6, 6.07) is 17.4. The number of nitrogens with zero attached hydrogens (tertiary/aromatic N) is 3. The number of piperidine rings is 1. The fourth-order valence-corrected chi connectivity index (χ4v) is 4.02. The first-order chi connectivity index (χ1) is 16.8. The van der Waals surface area contributed by atoms with Crippen molar-refractivity contribution in [2.75, 3.05) is 30.7 Å². The molecule has 8 nitrogen and oxygen atoms in total. The van der Waals surface area contributed by atoms with Gasteiger partial charge in [-0.2, -0.15) is 0 Å². The molecule has 1 aliphatic heterocycles. The average molecular weight is 476 g/mol. The van der Waals surface area contributed by atoms with Gasteiger partial charge in [-0.25, -0.2) is 14.8 Å². The molecule has 0 atom stereocenters. The second kappa shape index (κ2) is 10.6. The number of rotatable bonds is 6. The Labute approximate surface area is 206 Å². The third-order valence-electron chi connectivity index (χ3n) is 5.82. The highest BCUT2D eigenvalue weighted by Gasteiger charge is 2.27. The second-order valence-electron chi connectivity index (χ2n) is 9.71. The van der Waals surface area contributed by atoms with Crippen molar-refractivity contribution in [2.45, 2.75) is 39.2 Å². The number of hydrogen-bond donors (Lipinski definition) is 2. The number of hydrogen-bond acceptors (Lipinski definition) is 7. The third kappa shape index (κ3) is 6.62. The molecule has 4 rings (SSSR count). The number of nitrogens with one attached hydrogen (secondary N) is 1. The summed E-state index contributed by atoms with van der Waals surface area (Å²) in [5.74, 6) is 3.05. The predicted molar refractivity (Wildman–Crippen MR) is 137 cm³/mol. The summed E-state index contributed by atoms with van der Waals surface area (Å²) in [6.07, 6.45) is 3.02. The van der Waals surface area contributed by atoms with Crippen LogP contribution in [0.1, 0.15) is 33.6 Å². The van der Waals surface area contributed by atoms with Crippen LogP contribution < -0.4 is 15.8 Å². The summed E-state index contributed by atoms with van der Waals surface area (Å²) in [7, 11) is 0. The molecule has 0 spiro atoms. The highest BCUT2D eigenvalue weighted by atomic mass is 16.6. The summed E-state index contributed by atoms with van der Waals surface area (Å²) >= 11 is 0. The summed E-state index contributed by atoms with van der Waals surface area (Å²) in [5, 5.41) is 3.46. The van der Waals surface area contributed by atoms with Gasteiger partial charge in [0.1, 0.15) is 35.1 Å². The van der Waals surface area contributed by atoms with Gasteiger partial charge in [-0.3, -0.25) is 0 Å². The van der Waals surface area contributed by atoms with Gasteiger partial charge in [0.25, 0.3) is 0 Å². The number of amides is 1. The molecule has 35 heavy (non-hydrogen) atoms. The van der Waals surface area contributed by atoms with Gasteiger partial charge in [0, 0.05) is 19.6 Å². The zero-order chi connectivity index (χ0) is 24.8. The fraction of sp³-hybridized carbons (Fsp3) is 0.370. The van der Waals surface area contributed by atoms with Crippen LogP contribution in [0.2, 0.25) is 0 Å². The molecular formula is C27H33N5O3. The number of anilines is 2. The van der Waals surface area contributed by atoms with Gasteiger partial charge in [0.15, 0.2) is 0 Å². The van der Waals surface area contributed by atoms with Gasteiger partial charge in [-0.1, -0.05) is 30.3 Å². The Balaban J connectivity index is 1.37. The zero-order valence-electron chi connectivity index (χ0n) is 20.5. The molecule has 184 valence electrons. The van der Waals surface area contributed by atoms with Crippen LogP contribution in [0.5, 0.6) is 11.5 Å². The second-order valence-corrected chi connectivity index (χ2v) is 9.71. The van der Waals surface area contributed by atoms with Crippen LogP contribution in [0.4, 0.5) is 16.4 Å². The monoisotopic (exact) mass is 475 g/mol. The van der Waals surface area contributed by atoms with Crippen molar-refractivity contribution in [1.82, 2.24) is 14.9 Å². The molecule has 0 aliphatic carbocycles. The van der Waals surface area contributed by atoms with Crippen molar-refractivity contribution in [1.29, 1.82) is 0 Å². The summed E-state index contributed by atoms with van der Waals surface area (Å²) in [6.45, 7) is 7.76. The zero-order valence-corrected chi connectivity index (χ0v) is 20.5. The summed E-state index contributed by atoms with van der Waals surface area (Å²) in [4.78, 5) is 22.8. The standard InChI is InChI=1S/C27H33N5O3/c1-27(2,3)35-26(33)32-15-13-19(14-16-32)17-29-25-23(24(28)30-18-31-25)20-9-11-22(12-10-20)34-21-7-5-4-6-8-21/h4-12,18-19H,13-17H2,1-3H3,(H3,28,29,30,31). The van der Waals surface area contributed by atoms with E-state index >= 15 is 0 Å². The van der Waals surface area contributed by atoms with E-state index in [0.717, 1.165) is 42.0 Å². The molecule has 8 heteroatoms. The van der Waals surface area contributed by atoms with Crippen LogP contribution in [-0.2, 0) is 4.74 Å². The van der Waals surface area contributed by atoms with E-state index in [1.54, 1.807) is 4.90 Å². The minimum atomic E-state index is -0.481. The van der Waals surface area contributed by atoms with Crippen LogP contribution in [0.3, 0.4) is 0 Å². The Bertz CT molecular complexity index is 1120. The number of nitrogens with two attached hydrogens (primary N) is 1. The SMILES string of the molecule is CC(C)(C)OC(=O)N1CCC(CNc2ncnc(N)c2-c2ccc(Oc3ccccc3)cc2)CC1. The van der Waals surface area contributed by atoms with Crippen molar-refractivity contribution in [3.63, 3.8) is 0 Å². The topological polar surface area (TPSA) is 103 Å². The Kier molecular flexibility index (Phi) is 7.39. The van der Waals surface area contributed by atoms with Crippen molar-refractivity contribution in [3.8, 4) is 22.6 Å². The lowest BCUT2D eigenvalue weighted by atomic mass is 9.97. The Hall–Kier alpha value is -3.81. The van der Waals surface area contributed by atoms with Gasteiger partial charge in [-0.15, -0.1) is 0 Å². The molecule has 2 heterocycles. The van der Waals surface area contributed by atoms with E-state index in [2.05, 4.69) is 15.3 Å². The minimum Gasteiger partial charge on any atom is -0.457 e. The molecule has 0 unspecified atom stereocenters. The molecule has 0 saturated carbocycles. The fourth-order valence-electron chi connectivity index (χ4n) is 4.02. The van der Waals surface area contributed by atoms with Crippen molar-refractivity contribution in [2.24, 2.45) is 5.92 Å². The van der Waals surface area contributed by atoms with Gasteiger partial charge < -0.3 is 25.4 Å². The largest absolute Gasteiger partial charge is 0.457 e. The highest BCUT2D eigenvalue weighted by molar-refractivity contribution is 5.83. The van der Waals surface area contributed by atoms with Crippen LogP contribution in [0.15, 0.2) is 60.9 Å². The van der Waals surface area contributed by atoms with E-state index in [4.69, 9.17) is 15.2 Å². The van der Waals surface area contributed by atoms with Gasteiger partial charge in [0.05, 0.1) is 5.56 Å².